The van der Waals surface area contributed by atoms with Gasteiger partial charge in [-0.15, -0.1) is 0 Å². The Bertz CT molecular complexity index is 489. The molecule has 2 rings (SSSR count). The van der Waals surface area contributed by atoms with Crippen LogP contribution in [0.3, 0.4) is 0 Å². The Labute approximate surface area is 111 Å². The molecule has 1 amide bonds. The van der Waals surface area contributed by atoms with E-state index in [1.54, 1.807) is 4.90 Å². The van der Waals surface area contributed by atoms with Gasteiger partial charge in [0.15, 0.2) is 0 Å². The molecule has 6 heteroatoms. The summed E-state index contributed by atoms with van der Waals surface area (Å²) in [6.07, 6.45) is 3.48. The molecule has 0 aliphatic carbocycles. The van der Waals surface area contributed by atoms with E-state index in [-0.39, 0.29) is 23.1 Å². The number of rotatable bonds is 3. The van der Waals surface area contributed by atoms with Crippen molar-refractivity contribution in [3.05, 3.63) is 29.6 Å². The number of hydrogen-bond acceptors (Lipinski definition) is 4. The predicted molar refractivity (Wildman–Crippen MR) is 67.1 cm³/mol. The minimum atomic E-state index is -1.14. The van der Waals surface area contributed by atoms with Gasteiger partial charge in [-0.25, -0.2) is 4.79 Å². The maximum atomic E-state index is 12.4. The lowest BCUT2D eigenvalue weighted by Crippen LogP contribution is -2.45. The summed E-state index contributed by atoms with van der Waals surface area (Å²) in [6.45, 7) is 3.46. The average molecular weight is 264 g/mol. The van der Waals surface area contributed by atoms with Crippen LogP contribution in [0.15, 0.2) is 18.5 Å². The molecule has 0 aromatic carbocycles. The summed E-state index contributed by atoms with van der Waals surface area (Å²) >= 11 is 0. The fourth-order valence-corrected chi connectivity index (χ4v) is 2.07. The summed E-state index contributed by atoms with van der Waals surface area (Å²) in [7, 11) is 0. The van der Waals surface area contributed by atoms with Gasteiger partial charge < -0.3 is 14.7 Å². The monoisotopic (exact) mass is 264 g/mol. The number of carboxylic acid groups (broad SMARTS) is 1. The fraction of sp³-hybridized carbons (Fsp3) is 0.462. The minimum absolute atomic E-state index is 0.0211. The number of carbonyl (C=O) groups excluding carboxylic acids is 1. The van der Waals surface area contributed by atoms with Gasteiger partial charge in [-0.1, -0.05) is 6.92 Å². The smallest absolute Gasteiger partial charge is 0.338 e. The van der Waals surface area contributed by atoms with Crippen molar-refractivity contribution in [2.45, 2.75) is 19.4 Å². The molecule has 2 heterocycles. The molecule has 1 N–H and O–H groups in total. The van der Waals surface area contributed by atoms with Crippen LogP contribution >= 0.6 is 0 Å². The van der Waals surface area contributed by atoms with Gasteiger partial charge in [0.25, 0.3) is 5.91 Å². The van der Waals surface area contributed by atoms with Crippen LogP contribution in [-0.4, -0.2) is 52.7 Å². The van der Waals surface area contributed by atoms with Crippen LogP contribution in [0.4, 0.5) is 0 Å². The third-order valence-electron chi connectivity index (χ3n) is 3.16. The molecule has 6 nitrogen and oxygen atoms in total. The van der Waals surface area contributed by atoms with E-state index >= 15 is 0 Å². The van der Waals surface area contributed by atoms with Gasteiger partial charge in [0, 0.05) is 25.5 Å². The van der Waals surface area contributed by atoms with E-state index in [0.29, 0.717) is 19.7 Å². The number of morpholine rings is 1. The molecule has 1 aliphatic rings. The lowest BCUT2D eigenvalue weighted by atomic mass is 10.1. The molecule has 1 unspecified atom stereocenters. The zero-order valence-corrected chi connectivity index (χ0v) is 10.7. The highest BCUT2D eigenvalue weighted by atomic mass is 16.5. The topological polar surface area (TPSA) is 79.7 Å². The molecule has 19 heavy (non-hydrogen) atoms. The van der Waals surface area contributed by atoms with Crippen molar-refractivity contribution in [2.75, 3.05) is 19.7 Å². The van der Waals surface area contributed by atoms with Crippen LogP contribution in [0, 0.1) is 0 Å². The molecule has 1 aromatic heterocycles. The first kappa shape index (κ1) is 13.5. The highest BCUT2D eigenvalue weighted by molar-refractivity contribution is 6.04. The zero-order chi connectivity index (χ0) is 13.8. The largest absolute Gasteiger partial charge is 0.478 e. The predicted octanol–water partition coefficient (Wildman–Crippen LogP) is 1.03. The van der Waals surface area contributed by atoms with Crippen molar-refractivity contribution in [2.24, 2.45) is 0 Å². The number of hydrogen-bond donors (Lipinski definition) is 1. The molecular weight excluding hydrogens is 248 g/mol. The minimum Gasteiger partial charge on any atom is -0.478 e. The normalized spacial score (nSPS) is 19.2. The van der Waals surface area contributed by atoms with Gasteiger partial charge in [-0.05, 0) is 12.5 Å². The average Bonchev–Trinajstić information content (AvgIpc) is 2.46. The Morgan fingerprint density at radius 2 is 2.32 bits per heavy atom. The van der Waals surface area contributed by atoms with Crippen molar-refractivity contribution in [1.82, 2.24) is 9.88 Å². The van der Waals surface area contributed by atoms with E-state index in [9.17, 15) is 9.59 Å². The fourth-order valence-electron chi connectivity index (χ4n) is 2.07. The van der Waals surface area contributed by atoms with Crippen molar-refractivity contribution in [1.29, 1.82) is 0 Å². The number of pyridine rings is 1. The van der Waals surface area contributed by atoms with Gasteiger partial charge in [-0.3, -0.25) is 9.78 Å². The summed E-state index contributed by atoms with van der Waals surface area (Å²) in [5, 5.41) is 9.08. The summed E-state index contributed by atoms with van der Waals surface area (Å²) in [5.41, 5.74) is 0.117. The molecule has 0 bridgehead atoms. The Kier molecular flexibility index (Phi) is 4.11. The van der Waals surface area contributed by atoms with Gasteiger partial charge in [0.1, 0.15) is 0 Å². The molecule has 1 atom stereocenters. The number of aromatic nitrogens is 1. The maximum absolute atomic E-state index is 12.4. The Morgan fingerprint density at radius 1 is 1.53 bits per heavy atom. The molecule has 1 aromatic rings. The second-order valence-electron chi connectivity index (χ2n) is 4.38. The second-order valence-corrected chi connectivity index (χ2v) is 4.38. The Hall–Kier alpha value is -1.95. The van der Waals surface area contributed by atoms with Gasteiger partial charge in [0.2, 0.25) is 0 Å². The first-order chi connectivity index (χ1) is 9.13. The maximum Gasteiger partial charge on any atom is 0.338 e. The van der Waals surface area contributed by atoms with E-state index in [1.807, 2.05) is 6.92 Å². The van der Waals surface area contributed by atoms with Gasteiger partial charge in [-0.2, -0.15) is 0 Å². The number of carboxylic acids is 1. The highest BCUT2D eigenvalue weighted by Gasteiger charge is 2.26. The van der Waals surface area contributed by atoms with Crippen LogP contribution < -0.4 is 0 Å². The van der Waals surface area contributed by atoms with E-state index in [0.717, 1.165) is 6.42 Å². The van der Waals surface area contributed by atoms with Crippen molar-refractivity contribution in [3.8, 4) is 0 Å². The molecule has 1 saturated heterocycles. The van der Waals surface area contributed by atoms with Gasteiger partial charge in [0.05, 0.1) is 23.8 Å². The third-order valence-corrected chi connectivity index (χ3v) is 3.16. The first-order valence-corrected chi connectivity index (χ1v) is 6.21. The van der Waals surface area contributed by atoms with Crippen LogP contribution in [0.25, 0.3) is 0 Å². The highest BCUT2D eigenvalue weighted by Crippen LogP contribution is 2.15. The Balaban J connectivity index is 2.22. The summed E-state index contributed by atoms with van der Waals surface area (Å²) in [5.74, 6) is -1.42. The number of amides is 1. The van der Waals surface area contributed by atoms with Gasteiger partial charge >= 0.3 is 5.97 Å². The van der Waals surface area contributed by atoms with E-state index in [1.165, 1.54) is 18.5 Å². The van der Waals surface area contributed by atoms with Crippen LogP contribution in [0.2, 0.25) is 0 Å². The third kappa shape index (κ3) is 2.90. The van der Waals surface area contributed by atoms with E-state index in [2.05, 4.69) is 4.98 Å². The number of aromatic carboxylic acids is 1. The number of carbonyl (C=O) groups is 2. The molecule has 1 fully saturated rings. The summed E-state index contributed by atoms with van der Waals surface area (Å²) in [6, 6.07) is 1.45. The van der Waals surface area contributed by atoms with E-state index in [4.69, 9.17) is 9.84 Å². The SMILES string of the molecule is CCC1CN(C(=O)c2ccncc2C(=O)O)CCO1. The molecule has 0 spiro atoms. The van der Waals surface area contributed by atoms with E-state index < -0.39 is 5.97 Å². The van der Waals surface area contributed by atoms with Crippen molar-refractivity contribution < 1.29 is 19.4 Å². The first-order valence-electron chi connectivity index (χ1n) is 6.21. The zero-order valence-electron chi connectivity index (χ0n) is 10.7. The summed E-state index contributed by atoms with van der Waals surface area (Å²) < 4.78 is 5.50. The molecule has 102 valence electrons. The molecule has 0 radical (unpaired) electrons. The quantitative estimate of drug-likeness (QED) is 0.882. The van der Waals surface area contributed by atoms with Crippen molar-refractivity contribution >= 4 is 11.9 Å². The molecular formula is C13H16N2O4. The standard InChI is InChI=1S/C13H16N2O4/c1-2-9-8-15(5-6-19-9)12(16)10-3-4-14-7-11(10)13(17)18/h3-4,7,9H,2,5-6,8H2,1H3,(H,17,18). The molecule has 0 saturated carbocycles. The van der Waals surface area contributed by atoms with Crippen LogP contribution in [0.1, 0.15) is 34.1 Å². The summed E-state index contributed by atoms with van der Waals surface area (Å²) in [4.78, 5) is 28.8. The second kappa shape index (κ2) is 5.79. The van der Waals surface area contributed by atoms with Crippen LogP contribution in [0.5, 0.6) is 0 Å². The van der Waals surface area contributed by atoms with Crippen molar-refractivity contribution in [3.63, 3.8) is 0 Å². The number of ether oxygens (including phenoxy) is 1. The number of nitrogens with zero attached hydrogens (tertiary/aromatic N) is 2. The lowest BCUT2D eigenvalue weighted by Gasteiger charge is -2.32. The Morgan fingerprint density at radius 3 is 3.00 bits per heavy atom. The van der Waals surface area contributed by atoms with Crippen LogP contribution in [-0.2, 0) is 4.74 Å². The lowest BCUT2D eigenvalue weighted by molar-refractivity contribution is -0.0226. The molecule has 1 aliphatic heterocycles.